The Morgan fingerprint density at radius 2 is 2.17 bits per heavy atom. The number of rotatable bonds is 6. The van der Waals surface area contributed by atoms with E-state index in [0.29, 0.717) is 24.7 Å². The van der Waals surface area contributed by atoms with Gasteiger partial charge in [-0.05, 0) is 25.1 Å². The van der Waals surface area contributed by atoms with Crippen LogP contribution >= 0.6 is 0 Å². The second kappa shape index (κ2) is 7.13. The molecule has 0 fully saturated rings. The van der Waals surface area contributed by atoms with E-state index in [1.807, 2.05) is 6.92 Å². The number of ether oxygens (including phenoxy) is 1. The van der Waals surface area contributed by atoms with Crippen molar-refractivity contribution in [2.24, 2.45) is 5.92 Å². The van der Waals surface area contributed by atoms with Gasteiger partial charge in [0.05, 0.1) is 23.6 Å². The van der Waals surface area contributed by atoms with Gasteiger partial charge in [0.25, 0.3) is 11.9 Å². The van der Waals surface area contributed by atoms with E-state index in [2.05, 4.69) is 15.3 Å². The zero-order chi connectivity index (χ0) is 17.0. The average molecular weight is 318 g/mol. The second-order valence-electron chi connectivity index (χ2n) is 5.41. The van der Waals surface area contributed by atoms with E-state index in [1.165, 1.54) is 0 Å². The lowest BCUT2D eigenvalue weighted by molar-refractivity contribution is -0.124. The maximum absolute atomic E-state index is 12.5. The number of imidazole rings is 1. The van der Waals surface area contributed by atoms with E-state index in [1.54, 1.807) is 44.1 Å². The standard InChI is InChI=1S/C16H22N4O3/c1-5-23-16-18-12-7-6-11(8-13(12)19-16)15(22)20(4)9-10(2)14(21)17-3/h6-8,10H,5,9H2,1-4H3,(H,17,21)(H,18,19)/t10-/m1/s1. The van der Waals surface area contributed by atoms with Crippen LogP contribution in [0.2, 0.25) is 0 Å². The molecule has 1 heterocycles. The molecule has 1 aromatic carbocycles. The maximum atomic E-state index is 12.5. The monoisotopic (exact) mass is 318 g/mol. The summed E-state index contributed by atoms with van der Waals surface area (Å²) in [5, 5.41) is 2.58. The van der Waals surface area contributed by atoms with Crippen LogP contribution in [0.3, 0.4) is 0 Å². The molecule has 2 aromatic rings. The summed E-state index contributed by atoms with van der Waals surface area (Å²) in [4.78, 5) is 32.9. The van der Waals surface area contributed by atoms with Crippen molar-refractivity contribution in [1.82, 2.24) is 20.2 Å². The van der Waals surface area contributed by atoms with E-state index in [4.69, 9.17) is 4.74 Å². The number of benzene rings is 1. The summed E-state index contributed by atoms with van der Waals surface area (Å²) >= 11 is 0. The summed E-state index contributed by atoms with van der Waals surface area (Å²) < 4.78 is 5.32. The Morgan fingerprint density at radius 3 is 2.83 bits per heavy atom. The normalized spacial score (nSPS) is 12.0. The number of nitrogens with zero attached hydrogens (tertiary/aromatic N) is 2. The quantitative estimate of drug-likeness (QED) is 0.843. The van der Waals surface area contributed by atoms with Gasteiger partial charge >= 0.3 is 0 Å². The third-order valence-electron chi connectivity index (χ3n) is 3.58. The zero-order valence-corrected chi connectivity index (χ0v) is 13.8. The number of hydrogen-bond donors (Lipinski definition) is 2. The van der Waals surface area contributed by atoms with Crippen molar-refractivity contribution in [3.05, 3.63) is 23.8 Å². The van der Waals surface area contributed by atoms with Crippen molar-refractivity contribution in [2.75, 3.05) is 27.2 Å². The fourth-order valence-electron chi connectivity index (χ4n) is 2.37. The van der Waals surface area contributed by atoms with Gasteiger partial charge in [-0.15, -0.1) is 0 Å². The molecule has 7 heteroatoms. The van der Waals surface area contributed by atoms with Crippen molar-refractivity contribution in [3.63, 3.8) is 0 Å². The largest absolute Gasteiger partial charge is 0.465 e. The van der Waals surface area contributed by atoms with Crippen LogP contribution in [0, 0.1) is 5.92 Å². The van der Waals surface area contributed by atoms with Gasteiger partial charge < -0.3 is 19.9 Å². The topological polar surface area (TPSA) is 87.3 Å². The van der Waals surface area contributed by atoms with Gasteiger partial charge in [-0.25, -0.2) is 0 Å². The molecular weight excluding hydrogens is 296 g/mol. The van der Waals surface area contributed by atoms with Crippen molar-refractivity contribution in [3.8, 4) is 6.01 Å². The van der Waals surface area contributed by atoms with Crippen LogP contribution in [0.5, 0.6) is 6.01 Å². The number of H-pyrrole nitrogens is 1. The van der Waals surface area contributed by atoms with Crippen LogP contribution in [0.25, 0.3) is 11.0 Å². The summed E-state index contributed by atoms with van der Waals surface area (Å²) in [6, 6.07) is 5.68. The average Bonchev–Trinajstić information content (AvgIpc) is 2.94. The summed E-state index contributed by atoms with van der Waals surface area (Å²) in [5.74, 6) is -0.500. The highest BCUT2D eigenvalue weighted by molar-refractivity contribution is 5.97. The van der Waals surface area contributed by atoms with Crippen molar-refractivity contribution in [2.45, 2.75) is 13.8 Å². The van der Waals surface area contributed by atoms with E-state index in [9.17, 15) is 9.59 Å². The second-order valence-corrected chi connectivity index (χ2v) is 5.41. The molecule has 0 saturated heterocycles. The first-order chi connectivity index (χ1) is 11.0. The molecule has 23 heavy (non-hydrogen) atoms. The van der Waals surface area contributed by atoms with Gasteiger partial charge in [0.1, 0.15) is 0 Å². The third kappa shape index (κ3) is 3.80. The summed E-state index contributed by atoms with van der Waals surface area (Å²) in [6.45, 7) is 4.54. The molecule has 0 aliphatic rings. The van der Waals surface area contributed by atoms with Crippen LogP contribution in [0.4, 0.5) is 0 Å². The minimum atomic E-state index is -0.269. The summed E-state index contributed by atoms with van der Waals surface area (Å²) in [6.07, 6.45) is 0. The Balaban J connectivity index is 2.15. The van der Waals surface area contributed by atoms with Gasteiger partial charge in [0.15, 0.2) is 0 Å². The molecule has 0 aliphatic carbocycles. The molecule has 1 aromatic heterocycles. The Hall–Kier alpha value is -2.57. The highest BCUT2D eigenvalue weighted by atomic mass is 16.5. The lowest BCUT2D eigenvalue weighted by atomic mass is 10.1. The lowest BCUT2D eigenvalue weighted by Gasteiger charge is -2.20. The smallest absolute Gasteiger partial charge is 0.294 e. The number of aromatic amines is 1. The molecule has 1 atom stereocenters. The fourth-order valence-corrected chi connectivity index (χ4v) is 2.37. The SMILES string of the molecule is CCOc1nc2ccc(C(=O)N(C)C[C@@H](C)C(=O)NC)cc2[nH]1. The first-order valence-corrected chi connectivity index (χ1v) is 7.55. The molecule has 2 N–H and O–H groups in total. The van der Waals surface area contributed by atoms with Crippen LogP contribution in [0.1, 0.15) is 24.2 Å². The van der Waals surface area contributed by atoms with Crippen LogP contribution in [0.15, 0.2) is 18.2 Å². The number of hydrogen-bond acceptors (Lipinski definition) is 4. The summed E-state index contributed by atoms with van der Waals surface area (Å²) in [7, 11) is 3.27. The van der Waals surface area contributed by atoms with E-state index < -0.39 is 0 Å². The Labute approximate surface area is 135 Å². The molecule has 0 aliphatic heterocycles. The van der Waals surface area contributed by atoms with E-state index >= 15 is 0 Å². The van der Waals surface area contributed by atoms with Gasteiger partial charge in [0.2, 0.25) is 5.91 Å². The van der Waals surface area contributed by atoms with Gasteiger partial charge in [-0.2, -0.15) is 4.98 Å². The van der Waals surface area contributed by atoms with Gasteiger partial charge in [-0.1, -0.05) is 6.92 Å². The lowest BCUT2D eigenvalue weighted by Crippen LogP contribution is -2.37. The number of aromatic nitrogens is 2. The molecular formula is C16H22N4O3. The number of fused-ring (bicyclic) bond motifs is 1. The van der Waals surface area contributed by atoms with Crippen LogP contribution in [-0.2, 0) is 4.79 Å². The Bertz CT molecular complexity index is 710. The molecule has 0 unspecified atom stereocenters. The molecule has 0 radical (unpaired) electrons. The number of amides is 2. The highest BCUT2D eigenvalue weighted by Crippen LogP contribution is 2.18. The first kappa shape index (κ1) is 16.8. The molecule has 0 spiro atoms. The van der Waals surface area contributed by atoms with Crippen LogP contribution in [-0.4, -0.2) is 53.9 Å². The van der Waals surface area contributed by atoms with Crippen molar-refractivity contribution < 1.29 is 14.3 Å². The van der Waals surface area contributed by atoms with E-state index in [-0.39, 0.29) is 17.7 Å². The van der Waals surface area contributed by atoms with Gasteiger partial charge in [0, 0.05) is 26.2 Å². The minimum Gasteiger partial charge on any atom is -0.465 e. The molecule has 124 valence electrons. The molecule has 7 nitrogen and oxygen atoms in total. The number of carbonyl (C=O) groups is 2. The number of carbonyl (C=O) groups excluding carboxylic acids is 2. The molecule has 2 rings (SSSR count). The number of nitrogens with one attached hydrogen (secondary N) is 2. The third-order valence-corrected chi connectivity index (χ3v) is 3.58. The Morgan fingerprint density at radius 1 is 1.43 bits per heavy atom. The fraction of sp³-hybridized carbons (Fsp3) is 0.438. The first-order valence-electron chi connectivity index (χ1n) is 7.55. The molecule has 0 bridgehead atoms. The van der Waals surface area contributed by atoms with Gasteiger partial charge in [-0.3, -0.25) is 9.59 Å². The highest BCUT2D eigenvalue weighted by Gasteiger charge is 2.19. The minimum absolute atomic E-state index is 0.0879. The predicted octanol–water partition coefficient (Wildman–Crippen LogP) is 1.42. The molecule has 2 amide bonds. The van der Waals surface area contributed by atoms with E-state index in [0.717, 1.165) is 11.0 Å². The predicted molar refractivity (Wildman–Crippen MR) is 87.5 cm³/mol. The summed E-state index contributed by atoms with van der Waals surface area (Å²) in [5.41, 5.74) is 2.02. The van der Waals surface area contributed by atoms with Crippen molar-refractivity contribution >= 4 is 22.8 Å². The maximum Gasteiger partial charge on any atom is 0.294 e. The zero-order valence-electron chi connectivity index (χ0n) is 13.8. The van der Waals surface area contributed by atoms with Crippen molar-refractivity contribution in [1.29, 1.82) is 0 Å². The molecule has 0 saturated carbocycles. The Kier molecular flexibility index (Phi) is 5.20. The van der Waals surface area contributed by atoms with Crippen LogP contribution < -0.4 is 10.1 Å².